The van der Waals surface area contributed by atoms with Gasteiger partial charge in [0.15, 0.2) is 5.13 Å². The van der Waals surface area contributed by atoms with E-state index in [9.17, 15) is 4.79 Å². The molecule has 1 amide bonds. The maximum Gasteiger partial charge on any atom is 0.227 e. The third-order valence-electron chi connectivity index (χ3n) is 4.84. The van der Waals surface area contributed by atoms with Crippen LogP contribution in [0.2, 0.25) is 0 Å². The van der Waals surface area contributed by atoms with Gasteiger partial charge in [0.25, 0.3) is 0 Å². The number of amides is 1. The summed E-state index contributed by atoms with van der Waals surface area (Å²) < 4.78 is 1.12. The van der Waals surface area contributed by atoms with Crippen molar-refractivity contribution < 1.29 is 4.79 Å². The number of benzene rings is 1. The second kappa shape index (κ2) is 7.40. The Kier molecular flexibility index (Phi) is 5.41. The highest BCUT2D eigenvalue weighted by molar-refractivity contribution is 7.22. The van der Waals surface area contributed by atoms with E-state index in [1.54, 1.807) is 11.3 Å². The van der Waals surface area contributed by atoms with Crippen LogP contribution in [-0.2, 0) is 4.79 Å². The van der Waals surface area contributed by atoms with Crippen LogP contribution >= 0.6 is 11.3 Å². The van der Waals surface area contributed by atoms with E-state index in [2.05, 4.69) is 40.9 Å². The zero-order valence-electron chi connectivity index (χ0n) is 15.6. The van der Waals surface area contributed by atoms with Crippen molar-refractivity contribution in [1.29, 1.82) is 0 Å². The Morgan fingerprint density at radius 1 is 1.24 bits per heavy atom. The first-order valence-corrected chi connectivity index (χ1v) is 9.78. The number of aryl methyl sites for hydroxylation is 1. The van der Waals surface area contributed by atoms with Crippen LogP contribution in [0.4, 0.5) is 5.13 Å². The molecule has 1 aliphatic heterocycles. The SMILES string of the molecule is Cc1cccc2sc(NC(=O)CCN3CCN(C(C)(C)C)CC3)nc12. The van der Waals surface area contributed by atoms with E-state index in [4.69, 9.17) is 0 Å². The van der Waals surface area contributed by atoms with E-state index in [-0.39, 0.29) is 11.4 Å². The molecule has 1 saturated heterocycles. The van der Waals surface area contributed by atoms with E-state index in [1.807, 2.05) is 25.1 Å². The number of hydrogen-bond donors (Lipinski definition) is 1. The van der Waals surface area contributed by atoms with E-state index >= 15 is 0 Å². The quantitative estimate of drug-likeness (QED) is 0.908. The Morgan fingerprint density at radius 3 is 2.60 bits per heavy atom. The van der Waals surface area contributed by atoms with Gasteiger partial charge in [0, 0.05) is 44.7 Å². The van der Waals surface area contributed by atoms with Gasteiger partial charge in [0.1, 0.15) is 0 Å². The lowest BCUT2D eigenvalue weighted by atomic mass is 10.0. The zero-order chi connectivity index (χ0) is 18.0. The number of fused-ring (bicyclic) bond motifs is 1. The summed E-state index contributed by atoms with van der Waals surface area (Å²) in [6, 6.07) is 6.12. The Morgan fingerprint density at radius 2 is 1.96 bits per heavy atom. The number of carbonyl (C=O) groups is 1. The molecule has 1 aromatic heterocycles. The Hall–Kier alpha value is -1.50. The predicted octanol–water partition coefficient (Wildman–Crippen LogP) is 3.35. The number of rotatable bonds is 4. The normalized spacial score (nSPS) is 17.1. The summed E-state index contributed by atoms with van der Waals surface area (Å²) >= 11 is 1.54. The van der Waals surface area contributed by atoms with Crippen molar-refractivity contribution >= 4 is 32.6 Å². The van der Waals surface area contributed by atoms with Crippen LogP contribution in [0, 0.1) is 6.92 Å². The first kappa shape index (κ1) is 18.3. The fraction of sp³-hybridized carbons (Fsp3) is 0.579. The fourth-order valence-electron chi connectivity index (χ4n) is 3.22. The molecule has 5 nitrogen and oxygen atoms in total. The molecule has 0 saturated carbocycles. The van der Waals surface area contributed by atoms with Crippen molar-refractivity contribution in [3.05, 3.63) is 23.8 Å². The predicted molar refractivity (Wildman–Crippen MR) is 105 cm³/mol. The number of carbonyl (C=O) groups excluding carboxylic acids is 1. The lowest BCUT2D eigenvalue weighted by Crippen LogP contribution is -2.53. The summed E-state index contributed by atoms with van der Waals surface area (Å²) in [6.45, 7) is 13.8. The van der Waals surface area contributed by atoms with E-state index in [0.29, 0.717) is 11.6 Å². The average molecular weight is 361 g/mol. The molecule has 6 heteroatoms. The summed E-state index contributed by atoms with van der Waals surface area (Å²) in [5.41, 5.74) is 2.36. The van der Waals surface area contributed by atoms with Gasteiger partial charge in [-0.15, -0.1) is 0 Å². The third kappa shape index (κ3) is 4.57. The van der Waals surface area contributed by atoms with Crippen molar-refractivity contribution in [3.8, 4) is 0 Å². The molecule has 1 N–H and O–H groups in total. The third-order valence-corrected chi connectivity index (χ3v) is 5.78. The second-order valence-electron chi connectivity index (χ2n) is 7.74. The molecular formula is C19H28N4OS. The van der Waals surface area contributed by atoms with Gasteiger partial charge in [0.2, 0.25) is 5.91 Å². The maximum absolute atomic E-state index is 12.3. The van der Waals surface area contributed by atoms with Gasteiger partial charge in [-0.1, -0.05) is 23.5 Å². The summed E-state index contributed by atoms with van der Waals surface area (Å²) in [6.07, 6.45) is 0.518. The number of thiazole rings is 1. The number of para-hydroxylation sites is 1. The highest BCUT2D eigenvalue weighted by atomic mass is 32.1. The number of nitrogens with zero attached hydrogens (tertiary/aromatic N) is 3. The van der Waals surface area contributed by atoms with Crippen LogP contribution in [0.3, 0.4) is 0 Å². The molecule has 0 unspecified atom stereocenters. The molecule has 25 heavy (non-hydrogen) atoms. The fourth-order valence-corrected chi connectivity index (χ4v) is 4.18. The number of hydrogen-bond acceptors (Lipinski definition) is 5. The largest absolute Gasteiger partial charge is 0.302 e. The molecule has 1 aromatic carbocycles. The topological polar surface area (TPSA) is 48.5 Å². The van der Waals surface area contributed by atoms with Crippen LogP contribution < -0.4 is 5.32 Å². The molecule has 3 rings (SSSR count). The molecule has 0 atom stereocenters. The number of piperazine rings is 1. The van der Waals surface area contributed by atoms with Crippen LogP contribution in [0.1, 0.15) is 32.8 Å². The highest BCUT2D eigenvalue weighted by Crippen LogP contribution is 2.27. The molecule has 0 bridgehead atoms. The maximum atomic E-state index is 12.3. The first-order valence-electron chi connectivity index (χ1n) is 8.96. The van der Waals surface area contributed by atoms with E-state index in [1.165, 1.54) is 0 Å². The molecule has 0 aliphatic carbocycles. The summed E-state index contributed by atoms with van der Waals surface area (Å²) in [4.78, 5) is 21.7. The molecule has 136 valence electrons. The smallest absolute Gasteiger partial charge is 0.227 e. The van der Waals surface area contributed by atoms with Crippen LogP contribution in [0.15, 0.2) is 18.2 Å². The number of aromatic nitrogens is 1. The van der Waals surface area contributed by atoms with Crippen molar-refractivity contribution in [2.45, 2.75) is 39.7 Å². The van der Waals surface area contributed by atoms with Gasteiger partial charge in [-0.2, -0.15) is 0 Å². The van der Waals surface area contributed by atoms with Gasteiger partial charge in [0.05, 0.1) is 10.2 Å². The van der Waals surface area contributed by atoms with Gasteiger partial charge >= 0.3 is 0 Å². The minimum absolute atomic E-state index is 0.0509. The average Bonchev–Trinajstić information content (AvgIpc) is 2.96. The minimum Gasteiger partial charge on any atom is -0.302 e. The molecule has 2 aromatic rings. The van der Waals surface area contributed by atoms with Crippen molar-refractivity contribution in [1.82, 2.24) is 14.8 Å². The molecule has 0 spiro atoms. The van der Waals surface area contributed by atoms with Gasteiger partial charge in [-0.05, 0) is 39.3 Å². The number of anilines is 1. The molecule has 0 radical (unpaired) electrons. The molecule has 2 heterocycles. The van der Waals surface area contributed by atoms with Crippen molar-refractivity contribution in [2.24, 2.45) is 0 Å². The Balaban J connectivity index is 1.47. The standard InChI is InChI=1S/C19H28N4OS/c1-14-6-5-7-15-17(14)21-18(25-15)20-16(24)8-9-22-10-12-23(13-11-22)19(2,3)4/h5-7H,8-13H2,1-4H3,(H,20,21,24). The van der Waals surface area contributed by atoms with Crippen molar-refractivity contribution in [2.75, 3.05) is 38.0 Å². The van der Waals surface area contributed by atoms with E-state index in [0.717, 1.165) is 48.5 Å². The number of nitrogens with one attached hydrogen (secondary N) is 1. The van der Waals surface area contributed by atoms with Crippen molar-refractivity contribution in [3.63, 3.8) is 0 Å². The van der Waals surface area contributed by atoms with Gasteiger partial charge < -0.3 is 10.2 Å². The Labute approximate surface area is 154 Å². The lowest BCUT2D eigenvalue weighted by molar-refractivity contribution is -0.116. The van der Waals surface area contributed by atoms with Gasteiger partial charge in [-0.3, -0.25) is 9.69 Å². The Bertz CT molecular complexity index is 741. The first-order chi connectivity index (χ1) is 11.8. The molecular weight excluding hydrogens is 332 g/mol. The highest BCUT2D eigenvalue weighted by Gasteiger charge is 2.25. The van der Waals surface area contributed by atoms with Crippen LogP contribution in [0.5, 0.6) is 0 Å². The lowest BCUT2D eigenvalue weighted by Gasteiger charge is -2.42. The van der Waals surface area contributed by atoms with E-state index < -0.39 is 0 Å². The summed E-state index contributed by atoms with van der Waals surface area (Å²) in [5, 5.41) is 3.66. The molecule has 1 aliphatic rings. The summed E-state index contributed by atoms with van der Waals surface area (Å²) in [5.74, 6) is 0.0509. The minimum atomic E-state index is 0.0509. The van der Waals surface area contributed by atoms with Crippen LogP contribution in [0.25, 0.3) is 10.2 Å². The molecule has 1 fully saturated rings. The van der Waals surface area contributed by atoms with Crippen LogP contribution in [-0.4, -0.2) is 59.0 Å². The monoisotopic (exact) mass is 360 g/mol. The van der Waals surface area contributed by atoms with Gasteiger partial charge in [-0.25, -0.2) is 4.98 Å². The summed E-state index contributed by atoms with van der Waals surface area (Å²) in [7, 11) is 0. The second-order valence-corrected chi connectivity index (χ2v) is 8.77. The zero-order valence-corrected chi connectivity index (χ0v) is 16.4.